The minimum Gasteiger partial charge on any atom is -0.370 e. The number of pyridine rings is 1. The van der Waals surface area contributed by atoms with Gasteiger partial charge in [-0.25, -0.2) is 13.4 Å². The second-order valence-corrected chi connectivity index (χ2v) is 7.02. The van der Waals surface area contributed by atoms with Crippen LogP contribution in [0.15, 0.2) is 23.2 Å². The third kappa shape index (κ3) is 3.70. The molecule has 2 rings (SSSR count). The largest absolute Gasteiger partial charge is 0.370 e. The fourth-order valence-electron chi connectivity index (χ4n) is 2.43. The summed E-state index contributed by atoms with van der Waals surface area (Å²) in [7, 11) is -3.39. The van der Waals surface area contributed by atoms with Crippen LogP contribution in [0.25, 0.3) is 0 Å². The summed E-state index contributed by atoms with van der Waals surface area (Å²) in [4.78, 5) is 4.45. The molecule has 112 valence electrons. The van der Waals surface area contributed by atoms with Crippen LogP contribution in [0.1, 0.15) is 39.0 Å². The molecule has 0 saturated carbocycles. The van der Waals surface area contributed by atoms with Gasteiger partial charge in [0, 0.05) is 25.8 Å². The molecule has 1 aromatic rings. The van der Waals surface area contributed by atoms with E-state index in [1.54, 1.807) is 16.4 Å². The minimum atomic E-state index is -3.39. The molecule has 0 aromatic carbocycles. The van der Waals surface area contributed by atoms with Gasteiger partial charge in [0.05, 0.1) is 0 Å². The molecule has 1 aromatic heterocycles. The molecule has 0 atom stereocenters. The number of sulfonamides is 1. The minimum absolute atomic E-state index is 0.291. The van der Waals surface area contributed by atoms with E-state index in [4.69, 9.17) is 0 Å². The van der Waals surface area contributed by atoms with E-state index in [-0.39, 0.29) is 0 Å². The lowest BCUT2D eigenvalue weighted by Crippen LogP contribution is -2.33. The van der Waals surface area contributed by atoms with Crippen molar-refractivity contribution in [2.75, 3.05) is 25.0 Å². The first-order valence-electron chi connectivity index (χ1n) is 7.34. The van der Waals surface area contributed by atoms with Gasteiger partial charge in [-0.15, -0.1) is 0 Å². The van der Waals surface area contributed by atoms with Crippen LogP contribution in [0.2, 0.25) is 0 Å². The Morgan fingerprint density at radius 3 is 2.35 bits per heavy atom. The highest BCUT2D eigenvalue weighted by Crippen LogP contribution is 2.20. The maximum Gasteiger partial charge on any atom is 0.244 e. The van der Waals surface area contributed by atoms with Crippen molar-refractivity contribution in [2.24, 2.45) is 0 Å². The molecule has 0 radical (unpaired) electrons. The highest BCUT2D eigenvalue weighted by atomic mass is 32.2. The Morgan fingerprint density at radius 1 is 1.15 bits per heavy atom. The fourth-order valence-corrected chi connectivity index (χ4v) is 3.89. The highest BCUT2D eigenvalue weighted by Gasteiger charge is 2.24. The van der Waals surface area contributed by atoms with Gasteiger partial charge in [-0.1, -0.05) is 19.3 Å². The van der Waals surface area contributed by atoms with Crippen molar-refractivity contribution in [3.8, 4) is 0 Å². The van der Waals surface area contributed by atoms with Crippen LogP contribution in [0.3, 0.4) is 0 Å². The molecule has 0 amide bonds. The first-order valence-corrected chi connectivity index (χ1v) is 8.78. The Balaban J connectivity index is 2.15. The number of aromatic nitrogens is 1. The molecule has 1 aliphatic rings. The van der Waals surface area contributed by atoms with Crippen LogP contribution in [0.5, 0.6) is 0 Å². The summed E-state index contributed by atoms with van der Waals surface area (Å²) in [5.74, 6) is 0.708. The molecule has 1 N–H and O–H groups in total. The van der Waals surface area contributed by atoms with Crippen LogP contribution < -0.4 is 5.32 Å². The summed E-state index contributed by atoms with van der Waals surface area (Å²) >= 11 is 0. The van der Waals surface area contributed by atoms with Crippen LogP contribution in [-0.2, 0) is 10.0 Å². The zero-order chi connectivity index (χ0) is 14.4. The van der Waals surface area contributed by atoms with Gasteiger partial charge < -0.3 is 5.32 Å². The van der Waals surface area contributed by atoms with Crippen molar-refractivity contribution in [2.45, 2.75) is 43.9 Å². The molecule has 1 fully saturated rings. The van der Waals surface area contributed by atoms with Gasteiger partial charge in [0.25, 0.3) is 0 Å². The van der Waals surface area contributed by atoms with Crippen LogP contribution in [0.4, 0.5) is 5.82 Å². The van der Waals surface area contributed by atoms with Crippen LogP contribution >= 0.6 is 0 Å². The van der Waals surface area contributed by atoms with Crippen molar-refractivity contribution in [3.05, 3.63) is 18.3 Å². The number of hydrogen-bond acceptors (Lipinski definition) is 4. The summed E-state index contributed by atoms with van der Waals surface area (Å²) in [6.45, 7) is 3.99. The molecule has 1 aliphatic heterocycles. The summed E-state index contributed by atoms with van der Waals surface area (Å²) < 4.78 is 26.8. The summed E-state index contributed by atoms with van der Waals surface area (Å²) in [5, 5.41) is 3.06. The lowest BCUT2D eigenvalue weighted by atomic mass is 10.1. The van der Waals surface area contributed by atoms with Gasteiger partial charge in [0.2, 0.25) is 10.0 Å². The number of hydrogen-bond donors (Lipinski definition) is 1. The highest BCUT2D eigenvalue weighted by molar-refractivity contribution is 7.89. The fraction of sp³-hybridized carbons (Fsp3) is 0.643. The first kappa shape index (κ1) is 15.3. The van der Waals surface area contributed by atoms with E-state index in [0.717, 1.165) is 32.2 Å². The molecule has 6 heteroatoms. The van der Waals surface area contributed by atoms with Crippen LogP contribution in [-0.4, -0.2) is 37.3 Å². The second kappa shape index (κ2) is 7.04. The quantitative estimate of drug-likeness (QED) is 0.927. The molecule has 2 heterocycles. The third-order valence-corrected chi connectivity index (χ3v) is 5.43. The predicted octanol–water partition coefficient (Wildman–Crippen LogP) is 2.47. The average Bonchev–Trinajstić information content (AvgIpc) is 2.39. The van der Waals surface area contributed by atoms with E-state index in [9.17, 15) is 8.42 Å². The summed E-state index contributed by atoms with van der Waals surface area (Å²) in [5.41, 5.74) is 0. The monoisotopic (exact) mass is 297 g/mol. The summed E-state index contributed by atoms with van der Waals surface area (Å²) in [6.07, 6.45) is 6.79. The van der Waals surface area contributed by atoms with Gasteiger partial charge in [-0.05, 0) is 31.9 Å². The molecule has 1 saturated heterocycles. The van der Waals surface area contributed by atoms with E-state index in [2.05, 4.69) is 10.3 Å². The molecular formula is C14H23N3O2S. The standard InChI is InChI=1S/C14H23N3O2S/c1-2-15-14-9-8-13(12-16-14)20(18,19)17-10-6-4-3-5-7-11-17/h8-9,12H,2-7,10-11H2,1H3,(H,15,16). The molecule has 0 spiro atoms. The van der Waals surface area contributed by atoms with Crippen molar-refractivity contribution in [3.63, 3.8) is 0 Å². The van der Waals surface area contributed by atoms with E-state index in [1.807, 2.05) is 6.92 Å². The number of rotatable bonds is 4. The van der Waals surface area contributed by atoms with Gasteiger partial charge in [0.15, 0.2) is 0 Å². The van der Waals surface area contributed by atoms with E-state index < -0.39 is 10.0 Å². The molecule has 5 nitrogen and oxygen atoms in total. The first-order chi connectivity index (χ1) is 9.64. The maximum atomic E-state index is 12.6. The van der Waals surface area contributed by atoms with Crippen molar-refractivity contribution >= 4 is 15.8 Å². The van der Waals surface area contributed by atoms with E-state index >= 15 is 0 Å². The maximum absolute atomic E-state index is 12.6. The molecule has 0 unspecified atom stereocenters. The number of anilines is 1. The average molecular weight is 297 g/mol. The number of nitrogens with zero attached hydrogens (tertiary/aromatic N) is 2. The van der Waals surface area contributed by atoms with E-state index in [0.29, 0.717) is 23.8 Å². The second-order valence-electron chi connectivity index (χ2n) is 5.08. The molecule has 0 bridgehead atoms. The normalized spacial score (nSPS) is 18.2. The van der Waals surface area contributed by atoms with Crippen molar-refractivity contribution < 1.29 is 8.42 Å². The lowest BCUT2D eigenvalue weighted by molar-refractivity contribution is 0.364. The van der Waals surface area contributed by atoms with E-state index in [1.165, 1.54) is 12.6 Å². The molecular weight excluding hydrogens is 274 g/mol. The number of nitrogens with one attached hydrogen (secondary N) is 1. The zero-order valence-corrected chi connectivity index (χ0v) is 12.8. The molecule has 0 aliphatic carbocycles. The molecule has 20 heavy (non-hydrogen) atoms. The predicted molar refractivity (Wildman–Crippen MR) is 80.2 cm³/mol. The van der Waals surface area contributed by atoms with Crippen molar-refractivity contribution in [1.82, 2.24) is 9.29 Å². The van der Waals surface area contributed by atoms with Gasteiger partial charge in [-0.3, -0.25) is 0 Å². The Labute approximate surface area is 121 Å². The Morgan fingerprint density at radius 2 is 1.80 bits per heavy atom. The van der Waals surface area contributed by atoms with Crippen molar-refractivity contribution in [1.29, 1.82) is 0 Å². The smallest absolute Gasteiger partial charge is 0.244 e. The third-order valence-electron chi connectivity index (χ3n) is 3.55. The van der Waals surface area contributed by atoms with Gasteiger partial charge in [0.1, 0.15) is 10.7 Å². The van der Waals surface area contributed by atoms with Crippen LogP contribution in [0, 0.1) is 0 Å². The van der Waals surface area contributed by atoms with Gasteiger partial charge >= 0.3 is 0 Å². The Kier molecular flexibility index (Phi) is 5.37. The SMILES string of the molecule is CCNc1ccc(S(=O)(=O)N2CCCCCCC2)cn1. The zero-order valence-electron chi connectivity index (χ0n) is 12.0. The van der Waals surface area contributed by atoms with Gasteiger partial charge in [-0.2, -0.15) is 4.31 Å². The Hall–Kier alpha value is -1.14. The Bertz CT molecular complexity index is 506. The lowest BCUT2D eigenvalue weighted by Gasteiger charge is -2.24. The topological polar surface area (TPSA) is 62.3 Å². The summed E-state index contributed by atoms with van der Waals surface area (Å²) in [6, 6.07) is 3.36.